The third-order valence-corrected chi connectivity index (χ3v) is 8.38. The lowest BCUT2D eigenvalue weighted by Gasteiger charge is -2.32. The lowest BCUT2D eigenvalue weighted by Crippen LogP contribution is -2.52. The van der Waals surface area contributed by atoms with Gasteiger partial charge in [-0.3, -0.25) is 28.8 Å². The fourth-order valence-corrected chi connectivity index (χ4v) is 6.50. The van der Waals surface area contributed by atoms with E-state index in [2.05, 4.69) is 0 Å². The third kappa shape index (κ3) is 3.54. The molecule has 0 aromatic heterocycles. The largest absolute Gasteiger partial charge is 0.304 e. The highest BCUT2D eigenvalue weighted by atomic mass is 35.5. The second-order valence-electron chi connectivity index (χ2n) is 8.36. The van der Waals surface area contributed by atoms with Gasteiger partial charge in [-0.15, -0.1) is 0 Å². The van der Waals surface area contributed by atoms with Crippen LogP contribution in [0, 0.1) is 10.1 Å². The van der Waals surface area contributed by atoms with Crippen LogP contribution in [0.15, 0.2) is 66.7 Å². The van der Waals surface area contributed by atoms with E-state index in [-0.39, 0.29) is 23.5 Å². The van der Waals surface area contributed by atoms with Crippen LogP contribution in [-0.4, -0.2) is 26.7 Å². The molecule has 3 aromatic rings. The summed E-state index contributed by atoms with van der Waals surface area (Å²) < 4.78 is 13.6. The molecule has 0 bridgehead atoms. The number of benzene rings is 3. The Hall–Kier alpha value is -3.56. The number of non-ortho nitro benzene ring substituents is 1. The molecule has 0 aliphatic carbocycles. The molecule has 2 atom stereocenters. The first-order valence-electron chi connectivity index (χ1n) is 10.9. The number of halogens is 1. The number of aryl methyl sites for hydroxylation is 1. The molecule has 35 heavy (non-hydrogen) atoms. The van der Waals surface area contributed by atoms with E-state index in [1.165, 1.54) is 28.0 Å². The van der Waals surface area contributed by atoms with Crippen LogP contribution in [-0.2, 0) is 38.2 Å². The van der Waals surface area contributed by atoms with Crippen LogP contribution in [0.2, 0.25) is 5.02 Å². The van der Waals surface area contributed by atoms with Crippen molar-refractivity contribution in [2.45, 2.75) is 24.8 Å². The van der Waals surface area contributed by atoms with Gasteiger partial charge in [-0.2, -0.15) is 0 Å². The fourth-order valence-electron chi connectivity index (χ4n) is 4.68. The minimum Gasteiger partial charge on any atom is -0.304 e. The van der Waals surface area contributed by atoms with E-state index < -0.39 is 32.4 Å². The molecule has 3 aromatic carbocycles. The monoisotopic (exact) mass is 509 g/mol. The molecule has 2 aliphatic heterocycles. The summed E-state index contributed by atoms with van der Waals surface area (Å²) >= 11 is 6.00. The molecule has 0 radical (unpaired) electrons. The number of hydrogen-bond acceptors (Lipinski definition) is 5. The van der Waals surface area contributed by atoms with E-state index in [1.807, 2.05) is 19.1 Å². The van der Waals surface area contributed by atoms with Gasteiger partial charge in [0.25, 0.3) is 11.6 Å². The Balaban J connectivity index is 1.71. The molecule has 0 N–H and O–H groups in total. The predicted molar refractivity (Wildman–Crippen MR) is 134 cm³/mol. The van der Waals surface area contributed by atoms with Gasteiger partial charge < -0.3 is 4.90 Å². The number of rotatable bonds is 5. The summed E-state index contributed by atoms with van der Waals surface area (Å²) in [6.07, 6.45) is 0.786. The minimum atomic E-state index is -1.98. The van der Waals surface area contributed by atoms with E-state index in [1.54, 1.807) is 36.4 Å². The summed E-state index contributed by atoms with van der Waals surface area (Å²) in [5.41, 5.74) is 2.54. The Bertz CT molecular complexity index is 1390. The summed E-state index contributed by atoms with van der Waals surface area (Å²) in [5.74, 6) is -1.41. The molecule has 1 spiro atoms. The van der Waals surface area contributed by atoms with Crippen molar-refractivity contribution in [2.75, 3.05) is 15.6 Å². The van der Waals surface area contributed by atoms with Crippen LogP contribution in [0.1, 0.15) is 23.6 Å². The van der Waals surface area contributed by atoms with Gasteiger partial charge in [0.2, 0.25) is 10.8 Å². The van der Waals surface area contributed by atoms with Crippen LogP contribution in [0.4, 0.5) is 17.1 Å². The van der Waals surface area contributed by atoms with Crippen molar-refractivity contribution in [3.05, 3.63) is 98.6 Å². The Kier molecular flexibility index (Phi) is 5.69. The van der Waals surface area contributed by atoms with Gasteiger partial charge in [-0.1, -0.05) is 42.8 Å². The van der Waals surface area contributed by atoms with Crippen LogP contribution < -0.4 is 9.80 Å². The second-order valence-corrected chi connectivity index (χ2v) is 10.4. The van der Waals surface area contributed by atoms with Gasteiger partial charge in [0, 0.05) is 28.4 Å². The summed E-state index contributed by atoms with van der Waals surface area (Å²) in [5, 5.41) is 12.1. The molecule has 2 amide bonds. The highest BCUT2D eigenvalue weighted by Crippen LogP contribution is 2.52. The first kappa shape index (κ1) is 23.2. The Morgan fingerprint density at radius 1 is 1.03 bits per heavy atom. The maximum absolute atomic E-state index is 14.1. The number of nitro benzene ring substituents is 1. The quantitative estimate of drug-likeness (QED) is 0.377. The number of fused-ring (bicyclic) bond motifs is 2. The Morgan fingerprint density at radius 3 is 2.31 bits per heavy atom. The summed E-state index contributed by atoms with van der Waals surface area (Å²) in [4.78, 5) is 39.2. The second kappa shape index (κ2) is 8.58. The van der Waals surface area contributed by atoms with Crippen LogP contribution in [0.25, 0.3) is 0 Å². The maximum Gasteiger partial charge on any atom is 0.271 e. The SMILES string of the molecule is CCc1ccc(N2C(=O)CS(=O)C23C(=O)N(Cc2ccc(Cl)cc2)c2ccc([N+](=O)[O-])cc23)cc1. The number of carbonyl (C=O) groups excluding carboxylic acids is 2. The number of hydrogen-bond donors (Lipinski definition) is 0. The molecule has 2 aliphatic rings. The predicted octanol–water partition coefficient (Wildman–Crippen LogP) is 4.31. The molecule has 1 fully saturated rings. The van der Waals surface area contributed by atoms with Gasteiger partial charge in [0.15, 0.2) is 0 Å². The molecule has 8 nitrogen and oxygen atoms in total. The fraction of sp³-hybridized carbons (Fsp3) is 0.200. The van der Waals surface area contributed by atoms with Crippen molar-refractivity contribution >= 4 is 51.3 Å². The van der Waals surface area contributed by atoms with Gasteiger partial charge in [-0.25, -0.2) is 0 Å². The summed E-state index contributed by atoms with van der Waals surface area (Å²) in [6.45, 7) is 2.12. The van der Waals surface area contributed by atoms with Crippen LogP contribution >= 0.6 is 11.6 Å². The smallest absolute Gasteiger partial charge is 0.271 e. The Labute approximate surface area is 208 Å². The number of nitrogens with zero attached hydrogens (tertiary/aromatic N) is 3. The minimum absolute atomic E-state index is 0.122. The molecule has 5 rings (SSSR count). The van der Waals surface area contributed by atoms with Crippen molar-refractivity contribution < 1.29 is 18.7 Å². The van der Waals surface area contributed by atoms with E-state index in [0.29, 0.717) is 16.4 Å². The normalized spacial score (nSPS) is 21.1. The van der Waals surface area contributed by atoms with E-state index in [4.69, 9.17) is 11.6 Å². The third-order valence-electron chi connectivity index (χ3n) is 6.39. The van der Waals surface area contributed by atoms with E-state index in [0.717, 1.165) is 17.5 Å². The first-order valence-corrected chi connectivity index (χ1v) is 12.6. The van der Waals surface area contributed by atoms with Crippen molar-refractivity contribution in [2.24, 2.45) is 0 Å². The van der Waals surface area contributed by atoms with E-state index >= 15 is 0 Å². The highest BCUT2D eigenvalue weighted by Gasteiger charge is 2.65. The first-order chi connectivity index (χ1) is 16.8. The van der Waals surface area contributed by atoms with Crippen molar-refractivity contribution in [1.82, 2.24) is 0 Å². The zero-order valence-corrected chi connectivity index (χ0v) is 20.2. The van der Waals surface area contributed by atoms with Crippen molar-refractivity contribution in [3.8, 4) is 0 Å². The molecule has 0 saturated carbocycles. The lowest BCUT2D eigenvalue weighted by atomic mass is 10.0. The zero-order valence-electron chi connectivity index (χ0n) is 18.6. The van der Waals surface area contributed by atoms with Gasteiger partial charge in [0.05, 0.1) is 28.0 Å². The average molecular weight is 510 g/mol. The average Bonchev–Trinajstić information content (AvgIpc) is 3.26. The molecule has 1 saturated heterocycles. The molecule has 178 valence electrons. The van der Waals surface area contributed by atoms with E-state index in [9.17, 15) is 23.9 Å². The molecule has 2 unspecified atom stereocenters. The number of nitro groups is 1. The highest BCUT2D eigenvalue weighted by molar-refractivity contribution is 7.88. The number of amides is 2. The topological polar surface area (TPSA) is 101 Å². The molecular weight excluding hydrogens is 490 g/mol. The zero-order chi connectivity index (χ0) is 24.9. The van der Waals surface area contributed by atoms with Crippen LogP contribution in [0.3, 0.4) is 0 Å². The Morgan fingerprint density at radius 2 is 1.69 bits per heavy atom. The standard InChI is InChI=1S/C25H20ClN3O5S/c1-2-16-5-9-19(10-6-16)28-23(30)15-35(34)25(28)21-13-20(29(32)33)11-12-22(21)27(24(25)31)14-17-3-7-18(26)8-4-17/h3-13H,2,14-15H2,1H3. The lowest BCUT2D eigenvalue weighted by molar-refractivity contribution is -0.384. The summed E-state index contributed by atoms with van der Waals surface area (Å²) in [7, 11) is -1.98. The summed E-state index contributed by atoms with van der Waals surface area (Å²) in [6, 6.07) is 18.1. The van der Waals surface area contributed by atoms with Crippen molar-refractivity contribution in [1.29, 1.82) is 0 Å². The van der Waals surface area contributed by atoms with Gasteiger partial charge in [0.1, 0.15) is 5.75 Å². The molecule has 10 heteroatoms. The van der Waals surface area contributed by atoms with Crippen molar-refractivity contribution in [3.63, 3.8) is 0 Å². The van der Waals surface area contributed by atoms with Crippen LogP contribution in [0.5, 0.6) is 0 Å². The van der Waals surface area contributed by atoms with Gasteiger partial charge >= 0.3 is 0 Å². The molecular formula is C25H20ClN3O5S. The number of anilines is 2. The maximum atomic E-state index is 14.1. The number of carbonyl (C=O) groups is 2. The molecule has 2 heterocycles. The van der Waals surface area contributed by atoms with Gasteiger partial charge in [-0.05, 0) is 47.9 Å².